The summed E-state index contributed by atoms with van der Waals surface area (Å²) in [5, 5.41) is 19.2. The number of likely N-dealkylation sites (N-methyl/N-ethyl adjacent to an activating group) is 1. The number of esters is 1. The van der Waals surface area contributed by atoms with Gasteiger partial charge in [0.25, 0.3) is 6.29 Å². The fourth-order valence-electron chi connectivity index (χ4n) is 5.43. The Hall–Kier alpha value is -2.00. The van der Waals surface area contributed by atoms with Crippen LogP contribution in [0, 0.1) is 0 Å². The molecule has 0 fully saturated rings. The number of aliphatic carboxylic acids is 1. The first-order valence-electron chi connectivity index (χ1n) is 20.2. The van der Waals surface area contributed by atoms with Crippen LogP contribution in [0.4, 0.5) is 0 Å². The molecule has 0 aliphatic rings. The second-order valence-corrected chi connectivity index (χ2v) is 14.8. The van der Waals surface area contributed by atoms with Crippen molar-refractivity contribution in [2.24, 2.45) is 0 Å². The number of ether oxygens (including phenoxy) is 3. The van der Waals surface area contributed by atoms with Gasteiger partial charge in [0, 0.05) is 6.42 Å². The molecule has 292 valence electrons. The summed E-state index contributed by atoms with van der Waals surface area (Å²) in [4.78, 5) is 23.3. The topological polar surface area (TPSA) is 102 Å². The summed E-state index contributed by atoms with van der Waals surface area (Å²) in [5.74, 6) is -1.61. The predicted molar refractivity (Wildman–Crippen MR) is 207 cm³/mol. The lowest BCUT2D eigenvalue weighted by Gasteiger charge is -2.24. The van der Waals surface area contributed by atoms with E-state index < -0.39 is 18.4 Å². The molecule has 2 N–H and O–H groups in total. The molecular weight excluding hydrogens is 630 g/mol. The van der Waals surface area contributed by atoms with Crippen LogP contribution < -0.4 is 0 Å². The molecule has 0 aromatic rings. The molecule has 2 unspecified atom stereocenters. The minimum absolute atomic E-state index is 0.210. The molecule has 0 amide bonds. The molecule has 0 aliphatic carbocycles. The predicted octanol–water partition coefficient (Wildman–Crippen LogP) is 10.1. The van der Waals surface area contributed by atoms with Crippen molar-refractivity contribution < 1.29 is 38.5 Å². The number of unbranched alkanes of at least 4 members (excludes halogenated alkanes) is 19. The first-order chi connectivity index (χ1) is 24.2. The standard InChI is InChI=1S/C42H77NO7/c1-5-6-7-8-9-10-11-12-13-14-15-16-17-18-19-20-21-22-23-24-25-26-27-28-29-30-31-32-33-34-40(45)49-37-39(44)38-50-42(41(46)47)48-36-35-43(2,3)4/h11-12,14-15,17-18,39,42,44H,5-10,13,16,19-38H2,1-4H3/p+1/b12-11-,15-14-,18-17-. The van der Waals surface area contributed by atoms with Gasteiger partial charge >= 0.3 is 11.9 Å². The summed E-state index contributed by atoms with van der Waals surface area (Å²) in [5.41, 5.74) is 0. The number of hydrogen-bond donors (Lipinski definition) is 2. The number of hydrogen-bond acceptors (Lipinski definition) is 6. The number of carbonyl (C=O) groups excluding carboxylic acids is 1. The van der Waals surface area contributed by atoms with Crippen molar-refractivity contribution >= 4 is 11.9 Å². The van der Waals surface area contributed by atoms with Crippen molar-refractivity contribution in [1.29, 1.82) is 0 Å². The van der Waals surface area contributed by atoms with E-state index in [1.165, 1.54) is 116 Å². The van der Waals surface area contributed by atoms with Gasteiger partial charge in [0.05, 0.1) is 34.4 Å². The van der Waals surface area contributed by atoms with E-state index in [9.17, 15) is 19.8 Å². The molecule has 8 heteroatoms. The van der Waals surface area contributed by atoms with Crippen LogP contribution >= 0.6 is 0 Å². The first-order valence-corrected chi connectivity index (χ1v) is 20.2. The van der Waals surface area contributed by atoms with Crippen LogP contribution in [-0.2, 0) is 23.8 Å². The maximum Gasteiger partial charge on any atom is 0.361 e. The summed E-state index contributed by atoms with van der Waals surface area (Å²) in [7, 11) is 5.92. The number of carboxylic acid groups (broad SMARTS) is 1. The van der Waals surface area contributed by atoms with Crippen molar-refractivity contribution in [2.45, 2.75) is 173 Å². The summed E-state index contributed by atoms with van der Waals surface area (Å²) < 4.78 is 16.2. The Labute approximate surface area is 307 Å². The van der Waals surface area contributed by atoms with Gasteiger partial charge in [-0.1, -0.05) is 146 Å². The second-order valence-electron chi connectivity index (χ2n) is 14.8. The van der Waals surface area contributed by atoms with Crippen molar-refractivity contribution in [1.82, 2.24) is 0 Å². The van der Waals surface area contributed by atoms with Crippen molar-refractivity contribution in [3.05, 3.63) is 36.5 Å². The van der Waals surface area contributed by atoms with E-state index in [1.807, 2.05) is 21.1 Å². The third-order valence-electron chi connectivity index (χ3n) is 8.63. The average molecular weight is 709 g/mol. The number of carboxylic acids is 1. The highest BCUT2D eigenvalue weighted by molar-refractivity contribution is 5.70. The van der Waals surface area contributed by atoms with E-state index in [0.717, 1.165) is 32.1 Å². The largest absolute Gasteiger partial charge is 0.477 e. The van der Waals surface area contributed by atoms with Gasteiger partial charge in [-0.3, -0.25) is 4.79 Å². The molecule has 50 heavy (non-hydrogen) atoms. The molecule has 0 aromatic carbocycles. The number of aliphatic hydroxyl groups excluding tert-OH is 1. The monoisotopic (exact) mass is 709 g/mol. The lowest BCUT2D eigenvalue weighted by Crippen LogP contribution is -2.40. The summed E-state index contributed by atoms with van der Waals surface area (Å²) in [6.45, 7) is 2.58. The van der Waals surface area contributed by atoms with Gasteiger partial charge < -0.3 is 28.9 Å². The third kappa shape index (κ3) is 37.3. The van der Waals surface area contributed by atoms with Crippen LogP contribution in [0.2, 0.25) is 0 Å². The van der Waals surface area contributed by atoms with E-state index in [4.69, 9.17) is 14.2 Å². The van der Waals surface area contributed by atoms with Crippen LogP contribution in [0.5, 0.6) is 0 Å². The van der Waals surface area contributed by atoms with Crippen LogP contribution in [-0.4, -0.2) is 86.5 Å². The highest BCUT2D eigenvalue weighted by Gasteiger charge is 2.22. The summed E-state index contributed by atoms with van der Waals surface area (Å²) in [6.07, 6.45) is 40.4. The normalized spacial score (nSPS) is 13.5. The number of quaternary nitrogens is 1. The van der Waals surface area contributed by atoms with Gasteiger partial charge in [-0.25, -0.2) is 4.79 Å². The SMILES string of the molecule is CCCCCCC/C=C\C/C=C\C/C=C\CCCCCCCCCCCCCCCCC(=O)OCC(O)COC(OCC[N+](C)(C)C)C(=O)O. The Morgan fingerprint density at radius 3 is 1.50 bits per heavy atom. The van der Waals surface area contributed by atoms with Gasteiger partial charge in [0.1, 0.15) is 19.3 Å². The molecule has 0 heterocycles. The second kappa shape index (κ2) is 35.4. The van der Waals surface area contributed by atoms with E-state index in [0.29, 0.717) is 17.4 Å². The average Bonchev–Trinajstić information content (AvgIpc) is 3.07. The molecule has 2 atom stereocenters. The molecule has 0 bridgehead atoms. The summed E-state index contributed by atoms with van der Waals surface area (Å²) >= 11 is 0. The maximum atomic E-state index is 12.0. The Balaban J connectivity index is 3.47. The van der Waals surface area contributed by atoms with E-state index in [2.05, 4.69) is 43.4 Å². The highest BCUT2D eigenvalue weighted by atomic mass is 16.7. The van der Waals surface area contributed by atoms with Crippen LogP contribution in [0.25, 0.3) is 0 Å². The zero-order valence-corrected chi connectivity index (χ0v) is 32.8. The van der Waals surface area contributed by atoms with Crippen molar-refractivity contribution in [3.8, 4) is 0 Å². The molecule has 0 saturated carbocycles. The molecule has 0 radical (unpaired) electrons. The fraction of sp³-hybridized carbons (Fsp3) is 0.810. The van der Waals surface area contributed by atoms with Crippen molar-refractivity contribution in [2.75, 3.05) is 47.5 Å². The zero-order chi connectivity index (χ0) is 37.0. The van der Waals surface area contributed by atoms with E-state index in [-0.39, 0.29) is 25.8 Å². The third-order valence-corrected chi connectivity index (χ3v) is 8.63. The van der Waals surface area contributed by atoms with Crippen LogP contribution in [0.1, 0.15) is 161 Å². The lowest BCUT2D eigenvalue weighted by atomic mass is 10.0. The maximum absolute atomic E-state index is 12.0. The zero-order valence-electron chi connectivity index (χ0n) is 32.8. The number of rotatable bonds is 37. The lowest BCUT2D eigenvalue weighted by molar-refractivity contribution is -0.870. The molecular formula is C42H78NO7+. The minimum atomic E-state index is -1.46. The minimum Gasteiger partial charge on any atom is -0.477 e. The molecule has 0 rings (SSSR count). The van der Waals surface area contributed by atoms with Gasteiger partial charge in [-0.05, 0) is 44.9 Å². The molecule has 0 saturated heterocycles. The Kier molecular flexibility index (Phi) is 34.0. The van der Waals surface area contributed by atoms with Gasteiger partial charge in [-0.2, -0.15) is 0 Å². The van der Waals surface area contributed by atoms with Gasteiger partial charge in [0.15, 0.2) is 0 Å². The van der Waals surface area contributed by atoms with E-state index in [1.54, 1.807) is 0 Å². The smallest absolute Gasteiger partial charge is 0.361 e. The van der Waals surface area contributed by atoms with Gasteiger partial charge in [0.2, 0.25) is 0 Å². The Morgan fingerprint density at radius 1 is 0.600 bits per heavy atom. The summed E-state index contributed by atoms with van der Waals surface area (Å²) in [6, 6.07) is 0. The quantitative estimate of drug-likeness (QED) is 0.0218. The molecule has 8 nitrogen and oxygen atoms in total. The first kappa shape index (κ1) is 48.0. The van der Waals surface area contributed by atoms with Crippen LogP contribution in [0.15, 0.2) is 36.5 Å². The number of aliphatic hydroxyl groups is 1. The molecule has 0 aromatic heterocycles. The molecule has 0 spiro atoms. The van der Waals surface area contributed by atoms with Crippen molar-refractivity contribution in [3.63, 3.8) is 0 Å². The van der Waals surface area contributed by atoms with Gasteiger partial charge in [-0.15, -0.1) is 0 Å². The number of nitrogens with zero attached hydrogens (tertiary/aromatic N) is 1. The van der Waals surface area contributed by atoms with E-state index >= 15 is 0 Å². The highest BCUT2D eigenvalue weighted by Crippen LogP contribution is 2.14. The Morgan fingerprint density at radius 2 is 1.04 bits per heavy atom. The molecule has 0 aliphatic heterocycles. The number of carbonyl (C=O) groups is 2. The van der Waals surface area contributed by atoms with Crippen LogP contribution in [0.3, 0.4) is 0 Å². The fourth-order valence-corrected chi connectivity index (χ4v) is 5.43. The number of allylic oxidation sites excluding steroid dienone is 6. The Bertz CT molecular complexity index is 865.